The number of carbonyl (C=O) groups excluding carboxylic acids is 2. The predicted molar refractivity (Wildman–Crippen MR) is 161 cm³/mol. The number of sulfonamides is 1. The maximum absolute atomic E-state index is 14.0. The molecule has 0 aliphatic carbocycles. The second-order valence-electron chi connectivity index (χ2n) is 9.74. The highest BCUT2D eigenvalue weighted by Crippen LogP contribution is 2.27. The maximum atomic E-state index is 14.0. The summed E-state index contributed by atoms with van der Waals surface area (Å²) in [6.07, 6.45) is 0. The quantitative estimate of drug-likeness (QED) is 0.294. The molecule has 8 nitrogen and oxygen atoms in total. The predicted octanol–water partition coefficient (Wildman–Crippen LogP) is 5.29. The molecule has 3 aromatic carbocycles. The van der Waals surface area contributed by atoms with Crippen molar-refractivity contribution in [2.24, 2.45) is 0 Å². The first-order chi connectivity index (χ1) is 18.9. The molecule has 0 unspecified atom stereocenters. The van der Waals surface area contributed by atoms with Gasteiger partial charge in [-0.3, -0.25) is 13.9 Å². The maximum Gasteiger partial charge on any atom is 0.264 e. The number of carbonyl (C=O) groups is 2. The number of nitrogens with one attached hydrogen (secondary N) is 1. The number of hydrogen-bond donors (Lipinski definition) is 1. The van der Waals surface area contributed by atoms with Crippen molar-refractivity contribution in [1.82, 2.24) is 10.2 Å². The Balaban J connectivity index is 2.03. The Bertz CT molecular complexity index is 1410. The van der Waals surface area contributed by atoms with Gasteiger partial charge in [0.1, 0.15) is 18.3 Å². The van der Waals surface area contributed by atoms with Crippen LogP contribution in [0.4, 0.5) is 5.69 Å². The van der Waals surface area contributed by atoms with Crippen molar-refractivity contribution in [3.8, 4) is 5.75 Å². The summed E-state index contributed by atoms with van der Waals surface area (Å²) in [6, 6.07) is 19.5. The summed E-state index contributed by atoms with van der Waals surface area (Å²) in [4.78, 5) is 28.4. The van der Waals surface area contributed by atoms with Crippen LogP contribution in [0.3, 0.4) is 0 Å². The molecule has 0 spiro atoms. The van der Waals surface area contributed by atoms with Crippen molar-refractivity contribution in [1.29, 1.82) is 0 Å². The number of nitrogens with zero attached hydrogens (tertiary/aromatic N) is 2. The summed E-state index contributed by atoms with van der Waals surface area (Å²) in [5, 5.41) is 2.86. The number of anilines is 1. The molecule has 0 saturated carbocycles. The van der Waals surface area contributed by atoms with E-state index in [4.69, 9.17) is 4.74 Å². The molecule has 0 aromatic heterocycles. The van der Waals surface area contributed by atoms with Gasteiger partial charge < -0.3 is 15.0 Å². The third-order valence-corrected chi connectivity index (χ3v) is 8.47. The third-order valence-electron chi connectivity index (χ3n) is 6.15. The molecule has 0 radical (unpaired) electrons. The Morgan fingerprint density at radius 1 is 0.975 bits per heavy atom. The van der Waals surface area contributed by atoms with Crippen molar-refractivity contribution < 1.29 is 22.7 Å². The molecule has 0 aliphatic rings. The van der Waals surface area contributed by atoms with Crippen molar-refractivity contribution in [2.45, 2.75) is 58.1 Å². The van der Waals surface area contributed by atoms with E-state index in [1.165, 1.54) is 17.0 Å². The summed E-state index contributed by atoms with van der Waals surface area (Å²) in [7, 11) is -4.15. The first kappa shape index (κ1) is 31.2. The summed E-state index contributed by atoms with van der Waals surface area (Å²) in [5.41, 5.74) is 2.15. The van der Waals surface area contributed by atoms with E-state index >= 15 is 0 Å². The molecule has 1 atom stereocenters. The second kappa shape index (κ2) is 13.8. The van der Waals surface area contributed by atoms with Crippen LogP contribution in [0.2, 0.25) is 0 Å². The van der Waals surface area contributed by atoms with Crippen molar-refractivity contribution in [3.63, 3.8) is 0 Å². The van der Waals surface area contributed by atoms with E-state index in [0.717, 1.165) is 19.9 Å². The molecule has 0 saturated heterocycles. The average Bonchev–Trinajstić information content (AvgIpc) is 2.90. The van der Waals surface area contributed by atoms with Crippen LogP contribution in [0.5, 0.6) is 5.75 Å². The molecule has 0 fully saturated rings. The van der Waals surface area contributed by atoms with Gasteiger partial charge in [-0.05, 0) is 88.7 Å². The Morgan fingerprint density at radius 3 is 2.20 bits per heavy atom. The highest BCUT2D eigenvalue weighted by atomic mass is 79.9. The van der Waals surface area contributed by atoms with E-state index in [0.29, 0.717) is 18.0 Å². The zero-order valence-electron chi connectivity index (χ0n) is 23.4. The average molecular weight is 631 g/mol. The van der Waals surface area contributed by atoms with Crippen molar-refractivity contribution >= 4 is 43.5 Å². The SMILES string of the molecule is CCOc1ccc(N(CC(=O)N(Cc2cccc(C)c2)[C@@H](C)C(=O)NC(C)C)S(=O)(=O)c2ccc(Br)cc2)cc1. The molecule has 40 heavy (non-hydrogen) atoms. The highest BCUT2D eigenvalue weighted by Gasteiger charge is 2.32. The number of halogens is 1. The first-order valence-corrected chi connectivity index (χ1v) is 15.3. The molecule has 3 rings (SSSR count). The van der Waals surface area contributed by atoms with Gasteiger partial charge in [0, 0.05) is 17.1 Å². The smallest absolute Gasteiger partial charge is 0.264 e. The van der Waals surface area contributed by atoms with Crippen LogP contribution in [0.25, 0.3) is 0 Å². The van der Waals surface area contributed by atoms with E-state index in [9.17, 15) is 18.0 Å². The number of hydrogen-bond acceptors (Lipinski definition) is 5. The second-order valence-corrected chi connectivity index (χ2v) is 12.5. The molecular formula is C30H36BrN3O5S. The summed E-state index contributed by atoms with van der Waals surface area (Å²) >= 11 is 3.34. The lowest BCUT2D eigenvalue weighted by atomic mass is 10.1. The number of benzene rings is 3. The number of amides is 2. The van der Waals surface area contributed by atoms with Gasteiger partial charge in [-0.15, -0.1) is 0 Å². The van der Waals surface area contributed by atoms with E-state index in [1.54, 1.807) is 43.3 Å². The number of aryl methyl sites for hydroxylation is 1. The minimum Gasteiger partial charge on any atom is -0.494 e. The van der Waals surface area contributed by atoms with Crippen LogP contribution >= 0.6 is 15.9 Å². The van der Waals surface area contributed by atoms with Crippen molar-refractivity contribution in [2.75, 3.05) is 17.5 Å². The van der Waals surface area contributed by atoms with Crippen LogP contribution in [-0.4, -0.2) is 50.4 Å². The van der Waals surface area contributed by atoms with Gasteiger partial charge in [-0.25, -0.2) is 8.42 Å². The van der Waals surface area contributed by atoms with Crippen LogP contribution < -0.4 is 14.4 Å². The fourth-order valence-electron chi connectivity index (χ4n) is 4.13. The van der Waals surface area contributed by atoms with Crippen LogP contribution in [0.1, 0.15) is 38.8 Å². The Morgan fingerprint density at radius 2 is 1.62 bits per heavy atom. The number of ether oxygens (including phenoxy) is 1. The van der Waals surface area contributed by atoms with Crippen LogP contribution in [0.15, 0.2) is 82.2 Å². The fourth-order valence-corrected chi connectivity index (χ4v) is 5.81. The topological polar surface area (TPSA) is 96.0 Å². The molecule has 214 valence electrons. The lowest BCUT2D eigenvalue weighted by molar-refractivity contribution is -0.139. The third kappa shape index (κ3) is 8.08. The molecular weight excluding hydrogens is 594 g/mol. The zero-order valence-corrected chi connectivity index (χ0v) is 25.8. The monoisotopic (exact) mass is 629 g/mol. The van der Waals surface area contributed by atoms with Crippen LogP contribution in [0, 0.1) is 6.92 Å². The standard InChI is InChI=1S/C30H36BrN3O5S/c1-6-39-27-14-12-26(13-15-27)34(40(37,38)28-16-10-25(31)11-17-28)20-29(35)33(23(5)30(36)32-21(2)3)19-24-9-7-8-22(4)18-24/h7-18,21,23H,6,19-20H2,1-5H3,(H,32,36)/t23-/m0/s1. The van der Waals surface area contributed by atoms with Gasteiger partial charge in [-0.1, -0.05) is 45.8 Å². The van der Waals surface area contributed by atoms with E-state index in [2.05, 4.69) is 21.2 Å². The largest absolute Gasteiger partial charge is 0.494 e. The lowest BCUT2D eigenvalue weighted by Gasteiger charge is -2.32. The highest BCUT2D eigenvalue weighted by molar-refractivity contribution is 9.10. The number of rotatable bonds is 12. The summed E-state index contributed by atoms with van der Waals surface area (Å²) < 4.78 is 35.1. The molecule has 0 aliphatic heterocycles. The molecule has 0 heterocycles. The van der Waals surface area contributed by atoms with Gasteiger partial charge in [0.15, 0.2) is 0 Å². The molecule has 3 aromatic rings. The van der Waals surface area contributed by atoms with Gasteiger partial charge in [0.25, 0.3) is 10.0 Å². The molecule has 0 bridgehead atoms. The van der Waals surface area contributed by atoms with Crippen molar-refractivity contribution in [3.05, 3.63) is 88.4 Å². The summed E-state index contributed by atoms with van der Waals surface area (Å²) in [5.74, 6) is -0.250. The van der Waals surface area contributed by atoms with E-state index < -0.39 is 28.5 Å². The van der Waals surface area contributed by atoms with Gasteiger partial charge in [0.05, 0.1) is 17.2 Å². The Kier molecular flexibility index (Phi) is 10.8. The molecule has 2 amide bonds. The molecule has 1 N–H and O–H groups in total. The van der Waals surface area contributed by atoms with Gasteiger partial charge in [-0.2, -0.15) is 0 Å². The normalized spacial score (nSPS) is 12.1. The summed E-state index contributed by atoms with van der Waals surface area (Å²) in [6.45, 7) is 9.24. The van der Waals surface area contributed by atoms with Gasteiger partial charge in [0.2, 0.25) is 11.8 Å². The Hall–Kier alpha value is -3.37. The zero-order chi connectivity index (χ0) is 29.4. The van der Waals surface area contributed by atoms with Crippen LogP contribution in [-0.2, 0) is 26.2 Å². The lowest BCUT2D eigenvalue weighted by Crippen LogP contribution is -2.52. The Labute approximate surface area is 245 Å². The first-order valence-electron chi connectivity index (χ1n) is 13.1. The minimum absolute atomic E-state index is 0.0354. The van der Waals surface area contributed by atoms with E-state index in [-0.39, 0.29) is 23.4 Å². The molecule has 10 heteroatoms. The van der Waals surface area contributed by atoms with Gasteiger partial charge >= 0.3 is 0 Å². The minimum atomic E-state index is -4.15. The van der Waals surface area contributed by atoms with E-state index in [1.807, 2.05) is 52.0 Å². The fraction of sp³-hybridized carbons (Fsp3) is 0.333.